The van der Waals surface area contributed by atoms with Crippen molar-refractivity contribution in [3.63, 3.8) is 0 Å². The third-order valence-electron chi connectivity index (χ3n) is 3.79. The van der Waals surface area contributed by atoms with Crippen molar-refractivity contribution < 1.29 is 22.4 Å². The summed E-state index contributed by atoms with van der Waals surface area (Å²) >= 11 is 0. The fourth-order valence-electron chi connectivity index (χ4n) is 2.46. The van der Waals surface area contributed by atoms with Gasteiger partial charge in [-0.2, -0.15) is 4.98 Å². The number of hydrogen-bond acceptors (Lipinski definition) is 7. The molecule has 2 aromatic carbocycles. The number of nitrogens with zero attached hydrogens (tertiary/aromatic N) is 2. The van der Waals surface area contributed by atoms with Crippen molar-refractivity contribution in [3.05, 3.63) is 53.9 Å². The average molecular weight is 358 g/mol. The van der Waals surface area contributed by atoms with Crippen LogP contribution in [-0.4, -0.2) is 25.4 Å². The molecule has 0 amide bonds. The van der Waals surface area contributed by atoms with Crippen molar-refractivity contribution in [1.82, 2.24) is 10.1 Å². The number of aromatic nitrogens is 2. The molecule has 0 aliphatic carbocycles. The first-order valence-corrected chi connectivity index (χ1v) is 9.18. The standard InChI is InChI=1S/C17H14N2O5S/c1-11-2-5-13(6-3-11)25(20,21)9-16-18-17(19-24-16)12-4-7-14-15(8-12)23-10-22-14/h2-8H,9-10H2,1H3. The van der Waals surface area contributed by atoms with Gasteiger partial charge < -0.3 is 14.0 Å². The second-order valence-corrected chi connectivity index (χ2v) is 7.64. The summed E-state index contributed by atoms with van der Waals surface area (Å²) in [6, 6.07) is 11.9. The summed E-state index contributed by atoms with van der Waals surface area (Å²) in [6.07, 6.45) is 0. The van der Waals surface area contributed by atoms with Gasteiger partial charge in [0, 0.05) is 5.56 Å². The molecule has 4 rings (SSSR count). The van der Waals surface area contributed by atoms with Crippen molar-refractivity contribution in [1.29, 1.82) is 0 Å². The van der Waals surface area contributed by atoms with E-state index in [1.54, 1.807) is 42.5 Å². The number of fused-ring (bicyclic) bond motifs is 1. The Kier molecular flexibility index (Phi) is 3.69. The quantitative estimate of drug-likeness (QED) is 0.708. The highest BCUT2D eigenvalue weighted by Crippen LogP contribution is 2.35. The molecule has 0 atom stereocenters. The van der Waals surface area contributed by atoms with Crippen molar-refractivity contribution in [2.45, 2.75) is 17.6 Å². The Morgan fingerprint density at radius 2 is 1.80 bits per heavy atom. The third kappa shape index (κ3) is 3.08. The van der Waals surface area contributed by atoms with E-state index in [-0.39, 0.29) is 23.3 Å². The molecule has 1 aliphatic rings. The monoisotopic (exact) mass is 358 g/mol. The van der Waals surface area contributed by atoms with Gasteiger partial charge in [0.15, 0.2) is 21.3 Å². The minimum Gasteiger partial charge on any atom is -0.454 e. The van der Waals surface area contributed by atoms with Crippen LogP contribution in [0.5, 0.6) is 11.5 Å². The third-order valence-corrected chi connectivity index (χ3v) is 5.41. The van der Waals surface area contributed by atoms with Gasteiger partial charge >= 0.3 is 0 Å². The fourth-order valence-corrected chi connectivity index (χ4v) is 3.62. The van der Waals surface area contributed by atoms with Crippen LogP contribution >= 0.6 is 0 Å². The van der Waals surface area contributed by atoms with E-state index in [9.17, 15) is 8.42 Å². The van der Waals surface area contributed by atoms with E-state index in [1.807, 2.05) is 6.92 Å². The lowest BCUT2D eigenvalue weighted by Crippen LogP contribution is -2.05. The second-order valence-electron chi connectivity index (χ2n) is 5.65. The zero-order valence-electron chi connectivity index (χ0n) is 13.3. The van der Waals surface area contributed by atoms with Crippen molar-refractivity contribution in [2.75, 3.05) is 6.79 Å². The normalized spacial score (nSPS) is 13.2. The Hall–Kier alpha value is -2.87. The summed E-state index contributed by atoms with van der Waals surface area (Å²) in [5, 5.41) is 3.86. The molecule has 8 heteroatoms. The van der Waals surface area contributed by atoms with Crippen LogP contribution in [0.2, 0.25) is 0 Å². The molecule has 0 fully saturated rings. The first-order valence-electron chi connectivity index (χ1n) is 7.53. The van der Waals surface area contributed by atoms with Gasteiger partial charge in [-0.05, 0) is 37.3 Å². The molecule has 0 spiro atoms. The molecule has 0 saturated heterocycles. The molecule has 3 aromatic rings. The minimum atomic E-state index is -3.55. The minimum absolute atomic E-state index is 0.0354. The molecule has 25 heavy (non-hydrogen) atoms. The van der Waals surface area contributed by atoms with Crippen molar-refractivity contribution in [3.8, 4) is 22.9 Å². The van der Waals surface area contributed by atoms with Crippen LogP contribution in [0.4, 0.5) is 0 Å². The van der Waals surface area contributed by atoms with Crippen LogP contribution in [0, 0.1) is 6.92 Å². The number of rotatable bonds is 4. The molecular formula is C17H14N2O5S. The summed E-state index contributed by atoms with van der Waals surface area (Å²) in [5.41, 5.74) is 1.65. The van der Waals surface area contributed by atoms with E-state index in [4.69, 9.17) is 14.0 Å². The first kappa shape index (κ1) is 15.6. The molecule has 0 unspecified atom stereocenters. The highest BCUT2D eigenvalue weighted by atomic mass is 32.2. The summed E-state index contributed by atoms with van der Waals surface area (Å²) in [5.74, 6) is 1.22. The van der Waals surface area contributed by atoms with Crippen LogP contribution in [0.3, 0.4) is 0 Å². The van der Waals surface area contributed by atoms with Crippen LogP contribution in [0.25, 0.3) is 11.4 Å². The van der Waals surface area contributed by atoms with Gasteiger partial charge in [-0.15, -0.1) is 0 Å². The first-order chi connectivity index (χ1) is 12.0. The lowest BCUT2D eigenvalue weighted by molar-refractivity contribution is 0.174. The fraction of sp³-hybridized carbons (Fsp3) is 0.176. The second kappa shape index (κ2) is 5.89. The smallest absolute Gasteiger partial charge is 0.242 e. The zero-order valence-corrected chi connectivity index (χ0v) is 14.1. The molecular weight excluding hydrogens is 344 g/mol. The number of hydrogen-bond donors (Lipinski definition) is 0. The van der Waals surface area contributed by atoms with E-state index in [2.05, 4.69) is 10.1 Å². The molecule has 0 bridgehead atoms. The molecule has 0 saturated carbocycles. The maximum atomic E-state index is 12.4. The molecule has 1 aliphatic heterocycles. The molecule has 0 N–H and O–H groups in total. The molecule has 128 valence electrons. The largest absolute Gasteiger partial charge is 0.454 e. The Morgan fingerprint density at radius 1 is 1.04 bits per heavy atom. The number of benzene rings is 2. The van der Waals surface area contributed by atoms with Gasteiger partial charge in [-0.1, -0.05) is 22.9 Å². The van der Waals surface area contributed by atoms with Gasteiger partial charge in [0.05, 0.1) is 4.90 Å². The van der Waals surface area contributed by atoms with Crippen LogP contribution in [0.15, 0.2) is 51.9 Å². The summed E-state index contributed by atoms with van der Waals surface area (Å²) in [6.45, 7) is 2.07. The molecule has 7 nitrogen and oxygen atoms in total. The number of aryl methyl sites for hydroxylation is 1. The van der Waals surface area contributed by atoms with Crippen LogP contribution in [0.1, 0.15) is 11.5 Å². The lowest BCUT2D eigenvalue weighted by atomic mass is 10.2. The number of sulfone groups is 1. The molecule has 0 radical (unpaired) electrons. The van der Waals surface area contributed by atoms with Crippen LogP contribution in [-0.2, 0) is 15.6 Å². The predicted molar refractivity (Wildman–Crippen MR) is 87.9 cm³/mol. The zero-order chi connectivity index (χ0) is 17.4. The van der Waals surface area contributed by atoms with E-state index >= 15 is 0 Å². The Labute approximate surface area is 144 Å². The van der Waals surface area contributed by atoms with Crippen molar-refractivity contribution in [2.24, 2.45) is 0 Å². The Morgan fingerprint density at radius 3 is 2.60 bits per heavy atom. The highest BCUT2D eigenvalue weighted by Gasteiger charge is 2.21. The van der Waals surface area contributed by atoms with Gasteiger partial charge in [0.25, 0.3) is 0 Å². The van der Waals surface area contributed by atoms with Gasteiger partial charge in [0.2, 0.25) is 18.5 Å². The summed E-state index contributed by atoms with van der Waals surface area (Å²) < 4.78 is 40.6. The Balaban J connectivity index is 1.58. The van der Waals surface area contributed by atoms with Gasteiger partial charge in [-0.25, -0.2) is 8.42 Å². The van der Waals surface area contributed by atoms with Gasteiger partial charge in [-0.3, -0.25) is 0 Å². The van der Waals surface area contributed by atoms with Crippen molar-refractivity contribution >= 4 is 9.84 Å². The van der Waals surface area contributed by atoms with E-state index in [0.29, 0.717) is 22.9 Å². The molecule has 1 aromatic heterocycles. The van der Waals surface area contributed by atoms with E-state index in [0.717, 1.165) is 5.56 Å². The van der Waals surface area contributed by atoms with Gasteiger partial charge in [0.1, 0.15) is 5.75 Å². The lowest BCUT2D eigenvalue weighted by Gasteiger charge is -2.01. The Bertz CT molecular complexity index is 1030. The average Bonchev–Trinajstić information content (AvgIpc) is 3.23. The van der Waals surface area contributed by atoms with E-state index in [1.165, 1.54) is 0 Å². The highest BCUT2D eigenvalue weighted by molar-refractivity contribution is 7.90. The van der Waals surface area contributed by atoms with E-state index < -0.39 is 9.84 Å². The SMILES string of the molecule is Cc1ccc(S(=O)(=O)Cc2nc(-c3ccc4c(c3)OCO4)no2)cc1. The molecule has 2 heterocycles. The maximum absolute atomic E-state index is 12.4. The maximum Gasteiger partial charge on any atom is 0.242 e. The predicted octanol–water partition coefficient (Wildman–Crippen LogP) is 2.75. The number of ether oxygens (including phenoxy) is 2. The topological polar surface area (TPSA) is 91.5 Å². The summed E-state index contributed by atoms with van der Waals surface area (Å²) in [7, 11) is -3.55. The summed E-state index contributed by atoms with van der Waals surface area (Å²) in [4.78, 5) is 4.40. The van der Waals surface area contributed by atoms with Crippen LogP contribution < -0.4 is 9.47 Å².